The van der Waals surface area contributed by atoms with Crippen molar-refractivity contribution in [1.82, 2.24) is 0 Å². The van der Waals surface area contributed by atoms with Gasteiger partial charge >= 0.3 is 0 Å². The Balaban J connectivity index is 2.05. The first-order valence-corrected chi connectivity index (χ1v) is 7.26. The van der Waals surface area contributed by atoms with Gasteiger partial charge in [-0.1, -0.05) is 48.4 Å². The summed E-state index contributed by atoms with van der Waals surface area (Å²) >= 11 is 6.05. The zero-order valence-corrected chi connectivity index (χ0v) is 12.9. The fourth-order valence-electron chi connectivity index (χ4n) is 1.88. The first-order valence-electron chi connectivity index (χ1n) is 6.89. The number of para-hydroxylation sites is 1. The normalized spacial score (nSPS) is 11.8. The van der Waals surface area contributed by atoms with Gasteiger partial charge in [0.2, 0.25) is 0 Å². The summed E-state index contributed by atoms with van der Waals surface area (Å²) in [5.74, 6) is 0.339. The molecule has 2 rings (SSSR count). The summed E-state index contributed by atoms with van der Waals surface area (Å²) in [6.07, 6.45) is -0.0191. The highest BCUT2D eigenvalue weighted by atomic mass is 35.5. The molecule has 0 spiro atoms. The SMILES string of the molecule is CCC(Oc1ccccc1Cl)C(=O)Nc1ccc(C)cc1. The van der Waals surface area contributed by atoms with Gasteiger partial charge in [-0.05, 0) is 37.6 Å². The van der Waals surface area contributed by atoms with Crippen LogP contribution >= 0.6 is 11.6 Å². The van der Waals surface area contributed by atoms with Crippen LogP contribution in [-0.4, -0.2) is 12.0 Å². The molecule has 4 heteroatoms. The lowest BCUT2D eigenvalue weighted by Gasteiger charge is -2.18. The molecule has 0 radical (unpaired) electrons. The van der Waals surface area contributed by atoms with Gasteiger partial charge in [-0.2, -0.15) is 0 Å². The first-order chi connectivity index (χ1) is 10.1. The Labute approximate surface area is 129 Å². The van der Waals surface area contributed by atoms with Gasteiger partial charge in [0.1, 0.15) is 5.75 Å². The number of carbonyl (C=O) groups excluding carboxylic acids is 1. The Morgan fingerprint density at radius 1 is 1.19 bits per heavy atom. The third kappa shape index (κ3) is 4.23. The molecule has 0 aliphatic rings. The molecule has 0 heterocycles. The summed E-state index contributed by atoms with van der Waals surface area (Å²) in [6.45, 7) is 3.90. The van der Waals surface area contributed by atoms with E-state index >= 15 is 0 Å². The molecule has 21 heavy (non-hydrogen) atoms. The molecule has 1 atom stereocenters. The van der Waals surface area contributed by atoms with Crippen molar-refractivity contribution in [3.8, 4) is 5.75 Å². The van der Waals surface area contributed by atoms with Crippen LogP contribution in [0.2, 0.25) is 5.02 Å². The van der Waals surface area contributed by atoms with Crippen LogP contribution in [0.25, 0.3) is 0 Å². The maximum absolute atomic E-state index is 12.3. The minimum absolute atomic E-state index is 0.179. The smallest absolute Gasteiger partial charge is 0.265 e. The number of amides is 1. The van der Waals surface area contributed by atoms with Crippen molar-refractivity contribution < 1.29 is 9.53 Å². The van der Waals surface area contributed by atoms with Crippen LogP contribution in [0.5, 0.6) is 5.75 Å². The summed E-state index contributed by atoms with van der Waals surface area (Å²) < 4.78 is 5.71. The van der Waals surface area contributed by atoms with Gasteiger partial charge in [0.25, 0.3) is 5.91 Å². The van der Waals surface area contributed by atoms with Crippen LogP contribution in [-0.2, 0) is 4.79 Å². The lowest BCUT2D eigenvalue weighted by Crippen LogP contribution is -2.32. The molecule has 0 aromatic heterocycles. The number of hydrogen-bond acceptors (Lipinski definition) is 2. The number of aryl methyl sites for hydroxylation is 1. The van der Waals surface area contributed by atoms with Crippen molar-refractivity contribution in [1.29, 1.82) is 0 Å². The van der Waals surface area contributed by atoms with Crippen molar-refractivity contribution in [3.05, 3.63) is 59.1 Å². The van der Waals surface area contributed by atoms with E-state index in [1.165, 1.54) is 0 Å². The molecule has 0 saturated carbocycles. The van der Waals surface area contributed by atoms with Gasteiger partial charge in [0.05, 0.1) is 5.02 Å². The number of carbonyl (C=O) groups is 1. The van der Waals surface area contributed by atoms with E-state index in [1.807, 2.05) is 50.2 Å². The maximum atomic E-state index is 12.3. The highest BCUT2D eigenvalue weighted by molar-refractivity contribution is 6.32. The summed E-state index contributed by atoms with van der Waals surface area (Å²) in [5, 5.41) is 3.35. The molecule has 2 aromatic carbocycles. The van der Waals surface area contributed by atoms with Crippen molar-refractivity contribution in [2.75, 3.05) is 5.32 Å². The number of ether oxygens (including phenoxy) is 1. The van der Waals surface area contributed by atoms with Crippen LogP contribution in [0.15, 0.2) is 48.5 Å². The van der Waals surface area contributed by atoms with Gasteiger partial charge in [-0.25, -0.2) is 0 Å². The van der Waals surface area contributed by atoms with Crippen LogP contribution in [0.1, 0.15) is 18.9 Å². The van der Waals surface area contributed by atoms with E-state index in [0.29, 0.717) is 17.2 Å². The zero-order valence-electron chi connectivity index (χ0n) is 12.1. The average Bonchev–Trinajstić information content (AvgIpc) is 2.48. The second-order valence-electron chi connectivity index (χ2n) is 4.80. The van der Waals surface area contributed by atoms with Crippen molar-refractivity contribution >= 4 is 23.2 Å². The monoisotopic (exact) mass is 303 g/mol. The van der Waals surface area contributed by atoms with E-state index in [2.05, 4.69) is 5.32 Å². The summed E-state index contributed by atoms with van der Waals surface area (Å²) in [7, 11) is 0. The number of anilines is 1. The molecule has 0 saturated heterocycles. The van der Waals surface area contributed by atoms with E-state index in [4.69, 9.17) is 16.3 Å². The average molecular weight is 304 g/mol. The first kappa shape index (κ1) is 15.4. The molecule has 0 bridgehead atoms. The molecule has 1 unspecified atom stereocenters. The minimum atomic E-state index is -0.578. The van der Waals surface area contributed by atoms with Crippen molar-refractivity contribution in [3.63, 3.8) is 0 Å². The van der Waals surface area contributed by atoms with Gasteiger partial charge in [0.15, 0.2) is 6.10 Å². The number of halogens is 1. The summed E-state index contributed by atoms with van der Waals surface area (Å²) in [6, 6.07) is 14.8. The van der Waals surface area contributed by atoms with E-state index < -0.39 is 6.10 Å². The van der Waals surface area contributed by atoms with Crippen LogP contribution in [0, 0.1) is 6.92 Å². The molecular weight excluding hydrogens is 286 g/mol. The van der Waals surface area contributed by atoms with E-state index in [9.17, 15) is 4.79 Å². The van der Waals surface area contributed by atoms with Gasteiger partial charge < -0.3 is 10.1 Å². The maximum Gasteiger partial charge on any atom is 0.265 e. The fraction of sp³-hybridized carbons (Fsp3) is 0.235. The van der Waals surface area contributed by atoms with Gasteiger partial charge in [-0.3, -0.25) is 4.79 Å². The van der Waals surface area contributed by atoms with E-state index in [0.717, 1.165) is 11.3 Å². The molecule has 0 aliphatic carbocycles. The topological polar surface area (TPSA) is 38.3 Å². The largest absolute Gasteiger partial charge is 0.479 e. The Bertz CT molecular complexity index is 610. The van der Waals surface area contributed by atoms with Gasteiger partial charge in [0, 0.05) is 5.69 Å². The van der Waals surface area contributed by atoms with Crippen LogP contribution in [0.4, 0.5) is 5.69 Å². The third-order valence-electron chi connectivity index (χ3n) is 3.09. The quantitative estimate of drug-likeness (QED) is 0.886. The zero-order chi connectivity index (χ0) is 15.2. The van der Waals surface area contributed by atoms with E-state index in [1.54, 1.807) is 12.1 Å². The number of nitrogens with one attached hydrogen (secondary N) is 1. The van der Waals surface area contributed by atoms with Crippen LogP contribution in [0.3, 0.4) is 0 Å². The molecule has 0 fully saturated rings. The highest BCUT2D eigenvalue weighted by Gasteiger charge is 2.19. The highest BCUT2D eigenvalue weighted by Crippen LogP contribution is 2.25. The number of benzene rings is 2. The molecular formula is C17H18ClNO2. The summed E-state index contributed by atoms with van der Waals surface area (Å²) in [4.78, 5) is 12.3. The Morgan fingerprint density at radius 3 is 2.48 bits per heavy atom. The lowest BCUT2D eigenvalue weighted by atomic mass is 10.2. The predicted molar refractivity (Wildman–Crippen MR) is 86.0 cm³/mol. The van der Waals surface area contributed by atoms with Crippen LogP contribution < -0.4 is 10.1 Å². The Hall–Kier alpha value is -2.00. The molecule has 2 aromatic rings. The molecule has 110 valence electrons. The molecule has 1 amide bonds. The second-order valence-corrected chi connectivity index (χ2v) is 5.21. The third-order valence-corrected chi connectivity index (χ3v) is 3.40. The Kier molecular flexibility index (Phi) is 5.23. The fourth-order valence-corrected chi connectivity index (χ4v) is 2.06. The minimum Gasteiger partial charge on any atom is -0.479 e. The second kappa shape index (κ2) is 7.14. The summed E-state index contributed by atoms with van der Waals surface area (Å²) in [5.41, 5.74) is 1.90. The van der Waals surface area contributed by atoms with E-state index in [-0.39, 0.29) is 5.91 Å². The lowest BCUT2D eigenvalue weighted by molar-refractivity contribution is -0.122. The van der Waals surface area contributed by atoms with Gasteiger partial charge in [-0.15, -0.1) is 0 Å². The predicted octanol–water partition coefficient (Wildman–Crippen LogP) is 4.44. The van der Waals surface area contributed by atoms with Crippen molar-refractivity contribution in [2.24, 2.45) is 0 Å². The molecule has 0 aliphatic heterocycles. The molecule has 1 N–H and O–H groups in total. The Morgan fingerprint density at radius 2 is 1.86 bits per heavy atom. The van der Waals surface area contributed by atoms with Crippen molar-refractivity contribution in [2.45, 2.75) is 26.4 Å². The standard InChI is InChI=1S/C17H18ClNO2/c1-3-15(21-16-7-5-4-6-14(16)18)17(20)19-13-10-8-12(2)9-11-13/h4-11,15H,3H2,1-2H3,(H,19,20). The molecule has 3 nitrogen and oxygen atoms in total. The number of rotatable bonds is 5. The number of hydrogen-bond donors (Lipinski definition) is 1.